The number of ether oxygens (including phenoxy) is 5. The smallest absolute Gasteiger partial charge is 0.206 e. The van der Waals surface area contributed by atoms with Crippen LogP contribution in [0.4, 0.5) is 0 Å². The van der Waals surface area contributed by atoms with E-state index in [2.05, 4.69) is 11.0 Å². The topological polar surface area (TPSA) is 69.6 Å². The van der Waals surface area contributed by atoms with E-state index in [9.17, 15) is 5.11 Å². The molecule has 4 atom stereocenters. The van der Waals surface area contributed by atoms with Gasteiger partial charge >= 0.3 is 0 Å². The highest BCUT2D eigenvalue weighted by molar-refractivity contribution is 5.52. The van der Waals surface area contributed by atoms with Crippen molar-refractivity contribution in [3.8, 4) is 11.5 Å². The first-order valence-corrected chi connectivity index (χ1v) is 12.3. The van der Waals surface area contributed by atoms with Gasteiger partial charge in [0.2, 0.25) is 5.79 Å². The summed E-state index contributed by atoms with van der Waals surface area (Å²) >= 11 is 0. The first kappa shape index (κ1) is 21.2. The second-order valence-electron chi connectivity index (χ2n) is 10.1. The normalized spacial score (nSPS) is 36.1. The number of fused-ring (bicyclic) bond motifs is 5. The molecular weight excluding hydrogens is 410 g/mol. The Morgan fingerprint density at radius 2 is 2.03 bits per heavy atom. The van der Waals surface area contributed by atoms with Gasteiger partial charge in [-0.2, -0.15) is 0 Å². The van der Waals surface area contributed by atoms with E-state index in [1.165, 1.54) is 11.1 Å². The highest BCUT2D eigenvalue weighted by atomic mass is 16.8. The maximum Gasteiger partial charge on any atom is 0.206 e. The molecule has 7 nitrogen and oxygen atoms in total. The summed E-state index contributed by atoms with van der Waals surface area (Å²) in [5.41, 5.74) is 1.60. The third-order valence-electron chi connectivity index (χ3n) is 8.32. The minimum absolute atomic E-state index is 0.00921. The molecule has 1 N–H and O–H groups in total. The van der Waals surface area contributed by atoms with Crippen LogP contribution >= 0.6 is 0 Å². The molecule has 2 saturated heterocycles. The van der Waals surface area contributed by atoms with Crippen LogP contribution in [0.15, 0.2) is 12.1 Å². The van der Waals surface area contributed by atoms with Gasteiger partial charge in [-0.15, -0.1) is 0 Å². The van der Waals surface area contributed by atoms with E-state index in [4.69, 9.17) is 23.7 Å². The average molecular weight is 446 g/mol. The van der Waals surface area contributed by atoms with Crippen molar-refractivity contribution in [3.63, 3.8) is 0 Å². The van der Waals surface area contributed by atoms with E-state index in [1.54, 1.807) is 7.11 Å². The Morgan fingerprint density at radius 1 is 1.16 bits per heavy atom. The summed E-state index contributed by atoms with van der Waals surface area (Å²) in [6.45, 7) is 3.82. The lowest BCUT2D eigenvalue weighted by Gasteiger charge is -2.51. The van der Waals surface area contributed by atoms with Gasteiger partial charge in [-0.1, -0.05) is 6.07 Å². The zero-order valence-electron chi connectivity index (χ0n) is 19.0. The minimum atomic E-state index is -0.877. The maximum atomic E-state index is 12.2. The van der Waals surface area contributed by atoms with Gasteiger partial charge in [-0.05, 0) is 56.7 Å². The first-order chi connectivity index (χ1) is 15.6. The summed E-state index contributed by atoms with van der Waals surface area (Å²) in [6, 6.07) is 4.19. The summed E-state index contributed by atoms with van der Waals surface area (Å²) in [6.07, 6.45) is 6.63. The van der Waals surface area contributed by atoms with E-state index < -0.39 is 11.4 Å². The van der Waals surface area contributed by atoms with E-state index >= 15 is 0 Å². The Hall–Kier alpha value is -1.38. The van der Waals surface area contributed by atoms with E-state index in [0.29, 0.717) is 32.5 Å². The summed E-state index contributed by atoms with van der Waals surface area (Å²) in [7, 11) is 1.69. The van der Waals surface area contributed by atoms with Crippen molar-refractivity contribution in [2.45, 2.75) is 81.0 Å². The van der Waals surface area contributed by atoms with Crippen molar-refractivity contribution >= 4 is 0 Å². The van der Waals surface area contributed by atoms with Crippen LogP contribution in [0.1, 0.15) is 49.7 Å². The van der Waals surface area contributed by atoms with Gasteiger partial charge in [-0.25, -0.2) is 0 Å². The van der Waals surface area contributed by atoms with Crippen LogP contribution in [0.2, 0.25) is 0 Å². The number of hydrogen-bond acceptors (Lipinski definition) is 7. The van der Waals surface area contributed by atoms with Crippen LogP contribution in [-0.2, 0) is 27.1 Å². The molecular formula is C25H35NO6. The van der Waals surface area contributed by atoms with Gasteiger partial charge in [0.1, 0.15) is 0 Å². The summed E-state index contributed by atoms with van der Waals surface area (Å²) < 4.78 is 30.8. The Morgan fingerprint density at radius 3 is 2.81 bits per heavy atom. The van der Waals surface area contributed by atoms with Crippen LogP contribution in [0, 0.1) is 0 Å². The van der Waals surface area contributed by atoms with Gasteiger partial charge in [0, 0.05) is 37.6 Å². The van der Waals surface area contributed by atoms with Gasteiger partial charge < -0.3 is 28.8 Å². The Kier molecular flexibility index (Phi) is 5.38. The minimum Gasteiger partial charge on any atom is -0.493 e. The van der Waals surface area contributed by atoms with Crippen molar-refractivity contribution in [3.05, 3.63) is 23.3 Å². The lowest BCUT2D eigenvalue weighted by Crippen LogP contribution is -2.63. The van der Waals surface area contributed by atoms with Crippen molar-refractivity contribution in [1.82, 2.24) is 4.90 Å². The second kappa shape index (κ2) is 8.13. The lowest BCUT2D eigenvalue weighted by molar-refractivity contribution is -0.259. The molecule has 1 aromatic rings. The molecule has 6 rings (SSSR count). The van der Waals surface area contributed by atoms with Crippen LogP contribution in [0.5, 0.6) is 11.5 Å². The molecule has 4 aliphatic heterocycles. The molecule has 4 unspecified atom stereocenters. The molecule has 3 fully saturated rings. The molecule has 176 valence electrons. The number of nitrogens with zero attached hydrogens (tertiary/aromatic N) is 1. The molecule has 5 aliphatic rings. The summed E-state index contributed by atoms with van der Waals surface area (Å²) in [5, 5.41) is 12.2. The highest BCUT2D eigenvalue weighted by Crippen LogP contribution is 2.49. The largest absolute Gasteiger partial charge is 0.493 e. The molecule has 1 saturated carbocycles. The molecule has 0 radical (unpaired) electrons. The van der Waals surface area contributed by atoms with E-state index in [-0.39, 0.29) is 18.2 Å². The van der Waals surface area contributed by atoms with Crippen LogP contribution in [0.25, 0.3) is 0 Å². The van der Waals surface area contributed by atoms with Gasteiger partial charge in [0.15, 0.2) is 17.6 Å². The lowest BCUT2D eigenvalue weighted by atomic mass is 9.72. The van der Waals surface area contributed by atoms with Crippen LogP contribution in [0.3, 0.4) is 0 Å². The van der Waals surface area contributed by atoms with Gasteiger partial charge in [0.25, 0.3) is 0 Å². The fraction of sp³-hybridized carbons (Fsp3) is 0.760. The molecule has 0 aromatic heterocycles. The van der Waals surface area contributed by atoms with Crippen LogP contribution in [-0.4, -0.2) is 79.7 Å². The van der Waals surface area contributed by atoms with Crippen molar-refractivity contribution < 1.29 is 28.8 Å². The number of aliphatic hydroxyl groups is 1. The van der Waals surface area contributed by atoms with Gasteiger partial charge in [0.05, 0.1) is 32.0 Å². The fourth-order valence-electron chi connectivity index (χ4n) is 6.66. The number of benzene rings is 1. The molecule has 1 aliphatic carbocycles. The third kappa shape index (κ3) is 3.44. The van der Waals surface area contributed by atoms with Crippen molar-refractivity contribution in [2.24, 2.45) is 0 Å². The van der Waals surface area contributed by atoms with Gasteiger partial charge in [-0.3, -0.25) is 4.90 Å². The number of rotatable bonds is 3. The van der Waals surface area contributed by atoms with E-state index in [1.807, 2.05) is 6.07 Å². The predicted octanol–water partition coefficient (Wildman–Crippen LogP) is 2.45. The maximum absolute atomic E-state index is 12.2. The fourth-order valence-corrected chi connectivity index (χ4v) is 6.66. The van der Waals surface area contributed by atoms with Crippen molar-refractivity contribution in [2.75, 3.05) is 40.0 Å². The summed E-state index contributed by atoms with van der Waals surface area (Å²) in [4.78, 5) is 2.51. The third-order valence-corrected chi connectivity index (χ3v) is 8.32. The zero-order chi connectivity index (χ0) is 21.8. The molecule has 0 amide bonds. The molecule has 6 bridgehead atoms. The van der Waals surface area contributed by atoms with E-state index in [0.717, 1.165) is 63.3 Å². The molecule has 4 heterocycles. The standard InChI is InChI=1S/C25H35NO6/c1-28-20-7-6-17-14-21-24(27)8-9-25(30-12-13-31-25)22(15-24)32-23(20)19(17)5-2-10-26(21)16-18-4-3-11-29-18/h6-7,18,21-22,27H,2-5,8-16H2,1H3. The monoisotopic (exact) mass is 445 g/mol. The molecule has 7 heteroatoms. The Bertz CT molecular complexity index is 849. The highest BCUT2D eigenvalue weighted by Gasteiger charge is 2.58. The predicted molar refractivity (Wildman–Crippen MR) is 117 cm³/mol. The SMILES string of the molecule is COc1ccc2c3c1OC1CC(O)(CCC14OCCO4)C(C2)N(CC1CCCO1)CCC3. The second-order valence-corrected chi connectivity index (χ2v) is 10.1. The Labute approximate surface area is 189 Å². The van der Waals surface area contributed by atoms with Crippen molar-refractivity contribution in [1.29, 1.82) is 0 Å². The molecule has 1 aromatic carbocycles. The average Bonchev–Trinajstić information content (AvgIpc) is 3.46. The molecule has 32 heavy (non-hydrogen) atoms. The first-order valence-electron chi connectivity index (χ1n) is 12.3. The number of methoxy groups -OCH3 is 1. The summed E-state index contributed by atoms with van der Waals surface area (Å²) in [5.74, 6) is 0.777. The van der Waals surface area contributed by atoms with Crippen LogP contribution < -0.4 is 9.47 Å². The zero-order valence-corrected chi connectivity index (χ0v) is 19.0. The number of hydrogen-bond donors (Lipinski definition) is 1. The Balaban J connectivity index is 1.45. The molecule has 1 spiro atoms. The quantitative estimate of drug-likeness (QED) is 0.766.